The average Bonchev–Trinajstić information content (AvgIpc) is 2.34. The summed E-state index contributed by atoms with van der Waals surface area (Å²) in [7, 11) is 0. The molecule has 0 bridgehead atoms. The Balaban J connectivity index is 3.58. The van der Waals surface area contributed by atoms with Crippen LogP contribution in [0.25, 0.3) is 0 Å². The van der Waals surface area contributed by atoms with Crippen molar-refractivity contribution in [1.29, 1.82) is 0 Å². The van der Waals surface area contributed by atoms with Crippen molar-refractivity contribution in [2.75, 3.05) is 6.54 Å². The van der Waals surface area contributed by atoms with E-state index in [1.165, 1.54) is 32.1 Å². The van der Waals surface area contributed by atoms with E-state index in [-0.39, 0.29) is 6.42 Å². The SMILES string of the molecule is CCCCCCCCCCC(NCCC)C(F)(F)F. The zero-order valence-corrected chi connectivity index (χ0v) is 12.5. The molecular weight excluding hydrogens is 251 g/mol. The molecule has 4 heteroatoms. The predicted molar refractivity (Wildman–Crippen MR) is 75.4 cm³/mol. The molecule has 0 spiro atoms. The molecule has 0 saturated carbocycles. The second-order valence-electron chi connectivity index (χ2n) is 5.31. The maximum absolute atomic E-state index is 12.7. The van der Waals surface area contributed by atoms with Crippen molar-refractivity contribution in [1.82, 2.24) is 5.32 Å². The smallest absolute Gasteiger partial charge is 0.306 e. The van der Waals surface area contributed by atoms with E-state index in [0.29, 0.717) is 13.0 Å². The molecule has 0 aromatic heterocycles. The number of rotatable bonds is 12. The molecule has 19 heavy (non-hydrogen) atoms. The summed E-state index contributed by atoms with van der Waals surface area (Å²) in [5, 5.41) is 2.60. The van der Waals surface area contributed by atoms with Crippen molar-refractivity contribution in [2.45, 2.75) is 90.3 Å². The highest BCUT2D eigenvalue weighted by atomic mass is 19.4. The summed E-state index contributed by atoms with van der Waals surface area (Å²) in [5.74, 6) is 0. The summed E-state index contributed by atoms with van der Waals surface area (Å²) in [5.41, 5.74) is 0. The standard InChI is InChI=1S/C15H30F3N/c1-3-5-6-7-8-9-10-11-12-14(15(16,17)18)19-13-4-2/h14,19H,3-13H2,1-2H3. The largest absolute Gasteiger partial charge is 0.403 e. The van der Waals surface area contributed by atoms with Crippen LogP contribution in [-0.4, -0.2) is 18.8 Å². The van der Waals surface area contributed by atoms with E-state index in [0.717, 1.165) is 19.3 Å². The fourth-order valence-electron chi connectivity index (χ4n) is 2.18. The van der Waals surface area contributed by atoms with Crippen LogP contribution in [0.3, 0.4) is 0 Å². The number of nitrogens with one attached hydrogen (secondary N) is 1. The zero-order valence-electron chi connectivity index (χ0n) is 12.5. The molecule has 0 aliphatic carbocycles. The summed E-state index contributed by atoms with van der Waals surface area (Å²) in [4.78, 5) is 0. The van der Waals surface area contributed by atoms with E-state index in [1.54, 1.807) is 0 Å². The molecule has 0 aliphatic heterocycles. The van der Waals surface area contributed by atoms with Gasteiger partial charge in [-0.15, -0.1) is 0 Å². The number of hydrogen-bond acceptors (Lipinski definition) is 1. The number of halogens is 3. The lowest BCUT2D eigenvalue weighted by Gasteiger charge is -2.21. The van der Waals surface area contributed by atoms with Crippen molar-refractivity contribution in [3.63, 3.8) is 0 Å². The Bertz CT molecular complexity index is 192. The summed E-state index contributed by atoms with van der Waals surface area (Å²) >= 11 is 0. The summed E-state index contributed by atoms with van der Waals surface area (Å²) in [6, 6.07) is -1.31. The molecule has 0 heterocycles. The lowest BCUT2D eigenvalue weighted by Crippen LogP contribution is -2.42. The van der Waals surface area contributed by atoms with Gasteiger partial charge in [0.25, 0.3) is 0 Å². The molecule has 1 unspecified atom stereocenters. The first-order chi connectivity index (χ1) is 9.02. The van der Waals surface area contributed by atoms with Crippen LogP contribution in [0, 0.1) is 0 Å². The Morgan fingerprint density at radius 2 is 1.32 bits per heavy atom. The third kappa shape index (κ3) is 11.3. The van der Waals surface area contributed by atoms with Crippen molar-refractivity contribution >= 4 is 0 Å². The van der Waals surface area contributed by atoms with E-state index in [1.807, 2.05) is 6.92 Å². The van der Waals surface area contributed by atoms with Crippen LogP contribution >= 0.6 is 0 Å². The first-order valence-corrected chi connectivity index (χ1v) is 7.82. The van der Waals surface area contributed by atoms with Crippen LogP contribution in [0.4, 0.5) is 13.2 Å². The topological polar surface area (TPSA) is 12.0 Å². The highest BCUT2D eigenvalue weighted by Gasteiger charge is 2.38. The lowest BCUT2D eigenvalue weighted by molar-refractivity contribution is -0.157. The summed E-state index contributed by atoms with van der Waals surface area (Å²) in [6.45, 7) is 4.51. The molecule has 1 N–H and O–H groups in total. The van der Waals surface area contributed by atoms with E-state index in [2.05, 4.69) is 12.2 Å². The molecule has 0 amide bonds. The van der Waals surface area contributed by atoms with Gasteiger partial charge in [0.15, 0.2) is 0 Å². The fourth-order valence-corrected chi connectivity index (χ4v) is 2.18. The fraction of sp³-hybridized carbons (Fsp3) is 1.00. The van der Waals surface area contributed by atoms with Crippen molar-refractivity contribution in [3.8, 4) is 0 Å². The molecule has 0 radical (unpaired) electrons. The monoisotopic (exact) mass is 281 g/mol. The minimum absolute atomic E-state index is 0.221. The average molecular weight is 281 g/mol. The minimum Gasteiger partial charge on any atom is -0.306 e. The normalized spacial score (nSPS) is 13.7. The van der Waals surface area contributed by atoms with Gasteiger partial charge in [-0.2, -0.15) is 13.2 Å². The summed E-state index contributed by atoms with van der Waals surface area (Å²) < 4.78 is 38.1. The molecule has 0 aromatic carbocycles. The highest BCUT2D eigenvalue weighted by Crippen LogP contribution is 2.24. The molecular formula is C15H30F3N. The predicted octanol–water partition coefficient (Wildman–Crippen LogP) is 5.45. The van der Waals surface area contributed by atoms with E-state index in [4.69, 9.17) is 0 Å². The van der Waals surface area contributed by atoms with Crippen LogP contribution in [0.2, 0.25) is 0 Å². The van der Waals surface area contributed by atoms with E-state index < -0.39 is 12.2 Å². The Hall–Kier alpha value is -0.250. The quantitative estimate of drug-likeness (QED) is 0.469. The highest BCUT2D eigenvalue weighted by molar-refractivity contribution is 4.74. The van der Waals surface area contributed by atoms with Crippen LogP contribution in [-0.2, 0) is 0 Å². The van der Waals surface area contributed by atoms with Gasteiger partial charge in [-0.1, -0.05) is 65.2 Å². The van der Waals surface area contributed by atoms with Crippen LogP contribution in [0.1, 0.15) is 78.1 Å². The number of unbranched alkanes of at least 4 members (excludes halogenated alkanes) is 7. The van der Waals surface area contributed by atoms with E-state index in [9.17, 15) is 13.2 Å². The maximum Gasteiger partial charge on any atom is 0.403 e. The van der Waals surface area contributed by atoms with Gasteiger partial charge in [-0.25, -0.2) is 0 Å². The van der Waals surface area contributed by atoms with Gasteiger partial charge >= 0.3 is 6.18 Å². The Labute approximate surface area is 116 Å². The molecule has 0 saturated heterocycles. The first-order valence-electron chi connectivity index (χ1n) is 7.82. The van der Waals surface area contributed by atoms with Crippen molar-refractivity contribution in [2.24, 2.45) is 0 Å². The third-order valence-electron chi connectivity index (χ3n) is 3.38. The van der Waals surface area contributed by atoms with Crippen LogP contribution in [0.15, 0.2) is 0 Å². The Kier molecular flexibility index (Phi) is 11.4. The number of alkyl halides is 3. The van der Waals surface area contributed by atoms with Crippen molar-refractivity contribution in [3.05, 3.63) is 0 Å². The van der Waals surface area contributed by atoms with Gasteiger partial charge in [0.2, 0.25) is 0 Å². The number of hydrogen-bond donors (Lipinski definition) is 1. The molecule has 0 fully saturated rings. The van der Waals surface area contributed by atoms with Gasteiger partial charge in [0, 0.05) is 0 Å². The lowest BCUT2D eigenvalue weighted by atomic mass is 10.0. The summed E-state index contributed by atoms with van der Waals surface area (Å²) in [6.07, 6.45) is 5.69. The molecule has 1 nitrogen and oxygen atoms in total. The van der Waals surface area contributed by atoms with Gasteiger partial charge in [-0.05, 0) is 19.4 Å². The van der Waals surface area contributed by atoms with Gasteiger partial charge in [0.1, 0.15) is 6.04 Å². The molecule has 1 atom stereocenters. The van der Waals surface area contributed by atoms with Gasteiger partial charge in [0.05, 0.1) is 0 Å². The molecule has 0 rings (SSSR count). The Morgan fingerprint density at radius 3 is 1.79 bits per heavy atom. The molecule has 116 valence electrons. The zero-order chi connectivity index (χ0) is 14.6. The van der Waals surface area contributed by atoms with Gasteiger partial charge in [-0.3, -0.25) is 0 Å². The maximum atomic E-state index is 12.7. The Morgan fingerprint density at radius 1 is 0.789 bits per heavy atom. The van der Waals surface area contributed by atoms with Crippen LogP contribution in [0.5, 0.6) is 0 Å². The third-order valence-corrected chi connectivity index (χ3v) is 3.38. The van der Waals surface area contributed by atoms with Crippen LogP contribution < -0.4 is 5.32 Å². The minimum atomic E-state index is -4.10. The van der Waals surface area contributed by atoms with E-state index >= 15 is 0 Å². The van der Waals surface area contributed by atoms with Gasteiger partial charge < -0.3 is 5.32 Å². The molecule has 0 aliphatic rings. The van der Waals surface area contributed by atoms with Crippen molar-refractivity contribution < 1.29 is 13.2 Å². The second kappa shape index (κ2) is 11.6. The molecule has 0 aromatic rings. The second-order valence-corrected chi connectivity index (χ2v) is 5.31. The first kappa shape index (κ1) is 18.8.